The maximum atomic E-state index is 11.8. The van der Waals surface area contributed by atoms with Gasteiger partial charge in [-0.2, -0.15) is 0 Å². The minimum Gasteiger partial charge on any atom is -0.465 e. The van der Waals surface area contributed by atoms with Crippen LogP contribution in [0, 0.1) is 5.92 Å². The van der Waals surface area contributed by atoms with Crippen molar-refractivity contribution in [3.05, 3.63) is 53.6 Å². The average Bonchev–Trinajstić information content (AvgIpc) is 3.07. The Morgan fingerprint density at radius 2 is 2.04 bits per heavy atom. The highest BCUT2D eigenvalue weighted by atomic mass is 16.7. The smallest absolute Gasteiger partial charge is 0.340 e. The molecule has 0 spiro atoms. The van der Waals surface area contributed by atoms with Gasteiger partial charge in [0.2, 0.25) is 6.79 Å². The van der Waals surface area contributed by atoms with Gasteiger partial charge in [0.25, 0.3) is 0 Å². The van der Waals surface area contributed by atoms with Crippen molar-refractivity contribution >= 4 is 17.9 Å². The highest BCUT2D eigenvalue weighted by Gasteiger charge is 2.14. The maximum absolute atomic E-state index is 11.8. The van der Waals surface area contributed by atoms with Crippen LogP contribution in [0.2, 0.25) is 0 Å². The Morgan fingerprint density at radius 1 is 1.25 bits per heavy atom. The van der Waals surface area contributed by atoms with E-state index >= 15 is 0 Å². The minimum absolute atomic E-state index is 0.205. The van der Waals surface area contributed by atoms with Crippen LogP contribution in [0.25, 0.3) is 0 Å². The van der Waals surface area contributed by atoms with Crippen molar-refractivity contribution in [1.29, 1.82) is 0 Å². The zero-order chi connectivity index (χ0) is 16.9. The summed E-state index contributed by atoms with van der Waals surface area (Å²) in [5, 5.41) is 0. The van der Waals surface area contributed by atoms with Crippen LogP contribution in [0.15, 0.2) is 47.5 Å². The number of aliphatic imine (C=N–C) groups is 1. The van der Waals surface area contributed by atoms with Crippen LogP contribution >= 0.6 is 0 Å². The summed E-state index contributed by atoms with van der Waals surface area (Å²) in [6.45, 7) is 2.36. The van der Waals surface area contributed by atoms with E-state index in [0.717, 1.165) is 23.5 Å². The SMILES string of the molecule is COC(=O)c1ccccc1N=C[C@H](C)Cc1ccc2c(c1)OCO2. The lowest BCUT2D eigenvalue weighted by molar-refractivity contribution is 0.0601. The normalized spacial score (nSPS) is 13.9. The van der Waals surface area contributed by atoms with E-state index in [4.69, 9.17) is 14.2 Å². The molecule has 1 heterocycles. The summed E-state index contributed by atoms with van der Waals surface area (Å²) in [4.78, 5) is 16.2. The summed E-state index contributed by atoms with van der Waals surface area (Å²) < 4.78 is 15.5. The lowest BCUT2D eigenvalue weighted by Gasteiger charge is -2.08. The van der Waals surface area contributed by atoms with Crippen molar-refractivity contribution in [3.63, 3.8) is 0 Å². The summed E-state index contributed by atoms with van der Waals surface area (Å²) in [6.07, 6.45) is 2.67. The standard InChI is InChI=1S/C19H19NO4/c1-13(9-14-7-8-17-18(10-14)24-12-23-17)11-20-16-6-4-3-5-15(16)19(21)22-2/h3-8,10-11,13H,9,12H2,1-2H3/t13-/m1/s1. The molecule has 5 nitrogen and oxygen atoms in total. The third-order valence-corrected chi connectivity index (χ3v) is 3.77. The van der Waals surface area contributed by atoms with E-state index in [2.05, 4.69) is 11.9 Å². The number of nitrogens with zero attached hydrogens (tertiary/aromatic N) is 1. The molecule has 0 bridgehead atoms. The molecule has 1 aliphatic rings. The molecule has 124 valence electrons. The second kappa shape index (κ2) is 7.17. The summed E-state index contributed by atoms with van der Waals surface area (Å²) in [5.41, 5.74) is 2.23. The summed E-state index contributed by atoms with van der Waals surface area (Å²) in [7, 11) is 1.37. The van der Waals surface area contributed by atoms with E-state index in [1.807, 2.05) is 30.5 Å². The fraction of sp³-hybridized carbons (Fsp3) is 0.263. The molecule has 5 heteroatoms. The van der Waals surface area contributed by atoms with E-state index in [1.54, 1.807) is 18.2 Å². The number of rotatable bonds is 5. The van der Waals surface area contributed by atoms with Crippen molar-refractivity contribution in [1.82, 2.24) is 0 Å². The van der Waals surface area contributed by atoms with Gasteiger partial charge in [-0.05, 0) is 42.2 Å². The molecule has 1 aliphatic heterocycles. The first-order valence-electron chi connectivity index (χ1n) is 7.77. The molecule has 0 saturated heterocycles. The largest absolute Gasteiger partial charge is 0.465 e. The molecule has 3 rings (SSSR count). The molecule has 0 aromatic heterocycles. The molecule has 24 heavy (non-hydrogen) atoms. The lowest BCUT2D eigenvalue weighted by Crippen LogP contribution is -2.03. The summed E-state index contributed by atoms with van der Waals surface area (Å²) in [6, 6.07) is 13.1. The Morgan fingerprint density at radius 3 is 2.88 bits per heavy atom. The first-order chi connectivity index (χ1) is 11.7. The number of carbonyl (C=O) groups is 1. The molecule has 0 saturated carbocycles. The maximum Gasteiger partial charge on any atom is 0.340 e. The van der Waals surface area contributed by atoms with Crippen LogP contribution in [-0.4, -0.2) is 26.1 Å². The first-order valence-corrected chi connectivity index (χ1v) is 7.77. The van der Waals surface area contributed by atoms with Gasteiger partial charge < -0.3 is 14.2 Å². The van der Waals surface area contributed by atoms with E-state index < -0.39 is 0 Å². The number of benzene rings is 2. The van der Waals surface area contributed by atoms with Crippen LogP contribution in [0.3, 0.4) is 0 Å². The van der Waals surface area contributed by atoms with Crippen LogP contribution in [0.1, 0.15) is 22.8 Å². The highest BCUT2D eigenvalue weighted by molar-refractivity contribution is 5.95. The molecule has 0 amide bonds. The van der Waals surface area contributed by atoms with Crippen LogP contribution in [0.5, 0.6) is 11.5 Å². The molecule has 2 aromatic carbocycles. The van der Waals surface area contributed by atoms with Crippen LogP contribution in [-0.2, 0) is 11.2 Å². The number of hydrogen-bond acceptors (Lipinski definition) is 5. The second-order valence-corrected chi connectivity index (χ2v) is 5.66. The molecular formula is C19H19NO4. The predicted molar refractivity (Wildman–Crippen MR) is 91.4 cm³/mol. The Hall–Kier alpha value is -2.82. The highest BCUT2D eigenvalue weighted by Crippen LogP contribution is 2.33. The van der Waals surface area contributed by atoms with E-state index in [0.29, 0.717) is 11.3 Å². The van der Waals surface area contributed by atoms with Crippen molar-refractivity contribution < 1.29 is 19.0 Å². The predicted octanol–water partition coefficient (Wildman–Crippen LogP) is 3.78. The fourth-order valence-corrected chi connectivity index (χ4v) is 2.57. The second-order valence-electron chi connectivity index (χ2n) is 5.66. The average molecular weight is 325 g/mol. The zero-order valence-corrected chi connectivity index (χ0v) is 13.7. The number of carbonyl (C=O) groups excluding carboxylic acids is 1. The van der Waals surface area contributed by atoms with Crippen molar-refractivity contribution in [2.45, 2.75) is 13.3 Å². The number of ether oxygens (including phenoxy) is 3. The van der Waals surface area contributed by atoms with Crippen LogP contribution in [0.4, 0.5) is 5.69 Å². The fourth-order valence-electron chi connectivity index (χ4n) is 2.57. The molecule has 0 fully saturated rings. The third kappa shape index (κ3) is 3.56. The van der Waals surface area contributed by atoms with Gasteiger partial charge >= 0.3 is 5.97 Å². The summed E-state index contributed by atoms with van der Waals surface area (Å²) in [5.74, 6) is 1.39. The number of methoxy groups -OCH3 is 1. The Bertz CT molecular complexity index is 770. The third-order valence-electron chi connectivity index (χ3n) is 3.77. The van der Waals surface area contributed by atoms with Crippen LogP contribution < -0.4 is 9.47 Å². The van der Waals surface area contributed by atoms with Gasteiger partial charge in [-0.25, -0.2) is 4.79 Å². The van der Waals surface area contributed by atoms with Gasteiger partial charge in [-0.15, -0.1) is 0 Å². The van der Waals surface area contributed by atoms with Gasteiger partial charge in [0.1, 0.15) is 0 Å². The number of hydrogen-bond donors (Lipinski definition) is 0. The van der Waals surface area contributed by atoms with Gasteiger partial charge in [-0.1, -0.05) is 25.1 Å². The molecule has 0 aliphatic carbocycles. The minimum atomic E-state index is -0.383. The Kier molecular flexibility index (Phi) is 4.79. The lowest BCUT2D eigenvalue weighted by atomic mass is 10.0. The first kappa shape index (κ1) is 16.1. The van der Waals surface area contributed by atoms with Crippen molar-refractivity contribution in [2.75, 3.05) is 13.9 Å². The van der Waals surface area contributed by atoms with Crippen molar-refractivity contribution in [3.8, 4) is 11.5 Å². The van der Waals surface area contributed by atoms with Gasteiger partial charge in [0, 0.05) is 6.21 Å². The monoisotopic (exact) mass is 325 g/mol. The zero-order valence-electron chi connectivity index (χ0n) is 13.7. The molecule has 2 aromatic rings. The molecule has 0 radical (unpaired) electrons. The van der Waals surface area contributed by atoms with Gasteiger partial charge in [-0.3, -0.25) is 4.99 Å². The number of fused-ring (bicyclic) bond motifs is 1. The summed E-state index contributed by atoms with van der Waals surface area (Å²) >= 11 is 0. The molecule has 0 N–H and O–H groups in total. The topological polar surface area (TPSA) is 57.1 Å². The van der Waals surface area contributed by atoms with E-state index in [1.165, 1.54) is 7.11 Å². The van der Waals surface area contributed by atoms with Gasteiger partial charge in [0.15, 0.2) is 11.5 Å². The van der Waals surface area contributed by atoms with E-state index in [9.17, 15) is 4.79 Å². The van der Waals surface area contributed by atoms with E-state index in [-0.39, 0.29) is 18.7 Å². The quantitative estimate of drug-likeness (QED) is 0.620. The van der Waals surface area contributed by atoms with Crippen molar-refractivity contribution in [2.24, 2.45) is 10.9 Å². The number of para-hydroxylation sites is 1. The molecular weight excluding hydrogens is 306 g/mol. The molecule has 0 unspecified atom stereocenters. The Balaban J connectivity index is 1.70. The molecule has 1 atom stereocenters. The van der Waals surface area contributed by atoms with Gasteiger partial charge in [0.05, 0.1) is 18.4 Å². The Labute approximate surface area is 140 Å². The number of esters is 1.